The molecule has 212 valence electrons. The van der Waals surface area contributed by atoms with E-state index < -0.39 is 17.5 Å². The lowest BCUT2D eigenvalue weighted by molar-refractivity contribution is -0.151. The molecule has 0 aromatic carbocycles. The molecule has 3 N–H and O–H groups in total. The van der Waals surface area contributed by atoms with Crippen LogP contribution in [0.25, 0.3) is 0 Å². The van der Waals surface area contributed by atoms with E-state index in [0.717, 1.165) is 38.5 Å². The molecular formula is C31H52O6. The van der Waals surface area contributed by atoms with E-state index in [-0.39, 0.29) is 47.3 Å². The molecule has 0 spiro atoms. The SMILES string of the molecule is CC(C)CCC(O)[C@](C)(O)C(CCCO)C1(C)CCC2C(=CC(=O)C3CC4OC(C)(C)OC4CC32C)C1. The zero-order valence-corrected chi connectivity index (χ0v) is 24.3. The fourth-order valence-electron chi connectivity index (χ4n) is 8.67. The Morgan fingerprint density at radius 1 is 1.08 bits per heavy atom. The number of allylic oxidation sites excluding steroid dienone is 2. The number of hydrogen-bond acceptors (Lipinski definition) is 6. The van der Waals surface area contributed by atoms with Crippen LogP contribution in [0, 0.1) is 34.5 Å². The van der Waals surface area contributed by atoms with E-state index in [0.29, 0.717) is 31.1 Å². The first kappa shape index (κ1) is 29.2. The van der Waals surface area contributed by atoms with Crippen molar-refractivity contribution >= 4 is 5.78 Å². The Bertz CT molecular complexity index is 877. The summed E-state index contributed by atoms with van der Waals surface area (Å²) in [4.78, 5) is 13.6. The van der Waals surface area contributed by atoms with Crippen molar-refractivity contribution in [2.75, 3.05) is 6.61 Å². The molecule has 4 rings (SSSR count). The summed E-state index contributed by atoms with van der Waals surface area (Å²) in [5, 5.41) is 32.6. The lowest BCUT2D eigenvalue weighted by atomic mass is 9.47. The summed E-state index contributed by atoms with van der Waals surface area (Å²) in [6.07, 6.45) is 7.91. The van der Waals surface area contributed by atoms with Gasteiger partial charge in [-0.3, -0.25) is 4.79 Å². The highest BCUT2D eigenvalue weighted by Gasteiger charge is 2.60. The van der Waals surface area contributed by atoms with Gasteiger partial charge in [0.05, 0.1) is 23.9 Å². The Hall–Kier alpha value is -0.790. The zero-order chi connectivity index (χ0) is 27.4. The van der Waals surface area contributed by atoms with E-state index >= 15 is 0 Å². The molecule has 6 heteroatoms. The van der Waals surface area contributed by atoms with Gasteiger partial charge in [0.15, 0.2) is 11.6 Å². The molecule has 0 amide bonds. The fourth-order valence-corrected chi connectivity index (χ4v) is 8.67. The third-order valence-corrected chi connectivity index (χ3v) is 10.6. The van der Waals surface area contributed by atoms with Gasteiger partial charge in [-0.05, 0) is 113 Å². The molecule has 1 heterocycles. The van der Waals surface area contributed by atoms with E-state index in [1.165, 1.54) is 5.57 Å². The number of carbonyl (C=O) groups is 1. The summed E-state index contributed by atoms with van der Waals surface area (Å²) in [7, 11) is 0. The van der Waals surface area contributed by atoms with Crippen LogP contribution in [0.4, 0.5) is 0 Å². The molecule has 0 aromatic rings. The van der Waals surface area contributed by atoms with E-state index in [1.807, 2.05) is 19.9 Å². The van der Waals surface area contributed by atoms with Crippen LogP contribution in [0.15, 0.2) is 11.6 Å². The highest BCUT2D eigenvalue weighted by atomic mass is 16.7. The van der Waals surface area contributed by atoms with Gasteiger partial charge in [0, 0.05) is 12.5 Å². The van der Waals surface area contributed by atoms with Crippen LogP contribution in [0.5, 0.6) is 0 Å². The van der Waals surface area contributed by atoms with Gasteiger partial charge in [-0.25, -0.2) is 0 Å². The number of aliphatic hydroxyl groups is 3. The highest BCUT2D eigenvalue weighted by molar-refractivity contribution is 5.94. The van der Waals surface area contributed by atoms with Gasteiger partial charge >= 0.3 is 0 Å². The maximum absolute atomic E-state index is 13.6. The van der Waals surface area contributed by atoms with E-state index in [1.54, 1.807) is 6.92 Å². The van der Waals surface area contributed by atoms with Crippen molar-refractivity contribution in [3.8, 4) is 0 Å². The number of hydrogen-bond donors (Lipinski definition) is 3. The number of ketones is 1. The quantitative estimate of drug-likeness (QED) is 0.388. The van der Waals surface area contributed by atoms with Crippen molar-refractivity contribution in [3.63, 3.8) is 0 Å². The number of ether oxygens (including phenoxy) is 2. The van der Waals surface area contributed by atoms with Crippen LogP contribution >= 0.6 is 0 Å². The van der Waals surface area contributed by atoms with Crippen LogP contribution in [0.3, 0.4) is 0 Å². The molecule has 4 aliphatic rings. The van der Waals surface area contributed by atoms with Crippen molar-refractivity contribution < 1.29 is 29.6 Å². The second-order valence-electron chi connectivity index (χ2n) is 14.4. The summed E-state index contributed by atoms with van der Waals surface area (Å²) in [6.45, 7) is 14.5. The van der Waals surface area contributed by atoms with Crippen molar-refractivity contribution in [2.24, 2.45) is 34.5 Å². The van der Waals surface area contributed by atoms with Crippen molar-refractivity contribution in [1.82, 2.24) is 0 Å². The lowest BCUT2D eigenvalue weighted by Gasteiger charge is -2.57. The molecule has 8 unspecified atom stereocenters. The van der Waals surface area contributed by atoms with E-state index in [9.17, 15) is 20.1 Å². The zero-order valence-electron chi connectivity index (χ0n) is 24.3. The van der Waals surface area contributed by atoms with E-state index in [2.05, 4.69) is 27.7 Å². The van der Waals surface area contributed by atoms with Crippen LogP contribution in [-0.2, 0) is 14.3 Å². The number of aliphatic hydroxyl groups excluding tert-OH is 2. The van der Waals surface area contributed by atoms with Crippen molar-refractivity contribution in [1.29, 1.82) is 0 Å². The monoisotopic (exact) mass is 520 g/mol. The third-order valence-electron chi connectivity index (χ3n) is 10.6. The van der Waals surface area contributed by atoms with Crippen LogP contribution in [0.2, 0.25) is 0 Å². The minimum atomic E-state index is -1.27. The van der Waals surface area contributed by atoms with Gasteiger partial charge in [0.2, 0.25) is 0 Å². The number of fused-ring (bicyclic) bond motifs is 4. The molecular weight excluding hydrogens is 468 g/mol. The standard InChI is InChI=1S/C31H52O6/c1-19(2)10-11-27(34)31(7,35)26(9-8-14-32)29(5)13-12-21-20(17-29)15-23(33)22-16-24-25(18-30(21,22)6)37-28(3,4)36-24/h15,19,21-22,24-27,32,34-35H,8-14,16-18H2,1-7H3/t21?,22?,24?,25?,26?,27?,29?,30?,31-/m1/s1. The topological polar surface area (TPSA) is 96.2 Å². The smallest absolute Gasteiger partial charge is 0.163 e. The second-order valence-corrected chi connectivity index (χ2v) is 14.4. The van der Waals surface area contributed by atoms with Crippen LogP contribution in [0.1, 0.15) is 106 Å². The Kier molecular flexibility index (Phi) is 8.14. The minimum Gasteiger partial charge on any atom is -0.396 e. The summed E-state index contributed by atoms with van der Waals surface area (Å²) in [5.41, 5.74) is -0.491. The van der Waals surface area contributed by atoms with Gasteiger partial charge in [0.25, 0.3) is 0 Å². The van der Waals surface area contributed by atoms with E-state index in [4.69, 9.17) is 9.47 Å². The first-order valence-electron chi connectivity index (χ1n) is 14.7. The largest absolute Gasteiger partial charge is 0.396 e. The van der Waals surface area contributed by atoms with Gasteiger partial charge in [0.1, 0.15) is 0 Å². The van der Waals surface area contributed by atoms with Crippen LogP contribution < -0.4 is 0 Å². The van der Waals surface area contributed by atoms with Gasteiger partial charge in [-0.1, -0.05) is 33.3 Å². The average Bonchev–Trinajstić information content (AvgIpc) is 3.08. The third kappa shape index (κ3) is 5.48. The van der Waals surface area contributed by atoms with Gasteiger partial charge in [-0.15, -0.1) is 0 Å². The predicted molar refractivity (Wildman–Crippen MR) is 144 cm³/mol. The van der Waals surface area contributed by atoms with Crippen LogP contribution in [-0.4, -0.2) is 57.4 Å². The molecule has 2 saturated carbocycles. The first-order chi connectivity index (χ1) is 17.1. The molecule has 1 saturated heterocycles. The maximum atomic E-state index is 13.6. The normalized spacial score (nSPS) is 40.3. The molecule has 3 fully saturated rings. The molecule has 1 aliphatic heterocycles. The van der Waals surface area contributed by atoms with Gasteiger partial charge in [-0.2, -0.15) is 0 Å². The summed E-state index contributed by atoms with van der Waals surface area (Å²) in [5.74, 6) is 0.141. The predicted octanol–water partition coefficient (Wildman–Crippen LogP) is 5.18. The van der Waals surface area contributed by atoms with Gasteiger partial charge < -0.3 is 24.8 Å². The lowest BCUT2D eigenvalue weighted by Crippen LogP contribution is -2.56. The van der Waals surface area contributed by atoms with Crippen molar-refractivity contribution in [3.05, 3.63) is 11.6 Å². The molecule has 6 nitrogen and oxygen atoms in total. The average molecular weight is 521 g/mol. The number of rotatable bonds is 9. The molecule has 37 heavy (non-hydrogen) atoms. The summed E-state index contributed by atoms with van der Waals surface area (Å²) in [6, 6.07) is 0. The molecule has 0 radical (unpaired) electrons. The Morgan fingerprint density at radius 3 is 2.41 bits per heavy atom. The van der Waals surface area contributed by atoms with Crippen molar-refractivity contribution in [2.45, 2.75) is 136 Å². The Morgan fingerprint density at radius 2 is 1.76 bits per heavy atom. The molecule has 9 atom stereocenters. The summed E-state index contributed by atoms with van der Waals surface area (Å²) < 4.78 is 12.4. The Balaban J connectivity index is 1.59. The highest BCUT2D eigenvalue weighted by Crippen LogP contribution is 2.62. The summed E-state index contributed by atoms with van der Waals surface area (Å²) >= 11 is 0. The Labute approximate surface area is 224 Å². The second kappa shape index (κ2) is 10.3. The molecule has 0 aromatic heterocycles. The molecule has 0 bridgehead atoms. The molecule has 3 aliphatic carbocycles. The maximum Gasteiger partial charge on any atom is 0.163 e. The first-order valence-corrected chi connectivity index (χ1v) is 14.7. The fraction of sp³-hybridized carbons (Fsp3) is 0.903. The minimum absolute atomic E-state index is 0.0193. The number of carbonyl (C=O) groups excluding carboxylic acids is 1.